The Labute approximate surface area is 170 Å². The molecule has 1 heterocycles. The van der Waals surface area contributed by atoms with Gasteiger partial charge in [-0.25, -0.2) is 0 Å². The number of nitrogens with zero attached hydrogens (tertiary/aromatic N) is 3. The second-order valence-electron chi connectivity index (χ2n) is 8.91. The predicted octanol–water partition coefficient (Wildman–Crippen LogP) is 4.68. The van der Waals surface area contributed by atoms with E-state index in [2.05, 4.69) is 10.2 Å². The van der Waals surface area contributed by atoms with Crippen LogP contribution in [0.5, 0.6) is 5.75 Å². The van der Waals surface area contributed by atoms with E-state index in [-0.39, 0.29) is 11.3 Å². The molecule has 4 aliphatic rings. The number of aromatic nitrogens is 2. The van der Waals surface area contributed by atoms with Gasteiger partial charge in [-0.15, -0.1) is 10.2 Å². The van der Waals surface area contributed by atoms with Crippen molar-refractivity contribution in [3.05, 3.63) is 34.8 Å². The minimum atomic E-state index is -0.0590. The quantitative estimate of drug-likeness (QED) is 0.735. The van der Waals surface area contributed by atoms with Crippen molar-refractivity contribution >= 4 is 22.4 Å². The van der Waals surface area contributed by atoms with Crippen molar-refractivity contribution in [3.8, 4) is 5.75 Å². The Balaban J connectivity index is 1.35. The van der Waals surface area contributed by atoms with Gasteiger partial charge in [-0.3, -0.25) is 9.69 Å². The average molecular weight is 398 g/mol. The molecular weight excluding hydrogens is 370 g/mol. The van der Waals surface area contributed by atoms with E-state index in [9.17, 15) is 4.79 Å². The highest BCUT2D eigenvalue weighted by Gasteiger charge is 2.53. The Bertz CT molecular complexity index is 841. The Hall–Kier alpha value is -1.95. The molecule has 0 saturated heterocycles. The fourth-order valence-corrected chi connectivity index (χ4v) is 7.10. The zero-order chi connectivity index (χ0) is 19.3. The van der Waals surface area contributed by atoms with Gasteiger partial charge in [0, 0.05) is 18.0 Å². The maximum Gasteiger partial charge on any atom is 0.259 e. The molecular formula is C22H27N3O2S. The molecule has 6 heteroatoms. The van der Waals surface area contributed by atoms with E-state index in [1.807, 2.05) is 31.2 Å². The summed E-state index contributed by atoms with van der Waals surface area (Å²) < 4.78 is 5.46. The van der Waals surface area contributed by atoms with E-state index in [1.54, 1.807) is 23.3 Å². The van der Waals surface area contributed by atoms with Crippen molar-refractivity contribution < 1.29 is 9.53 Å². The van der Waals surface area contributed by atoms with E-state index < -0.39 is 0 Å². The van der Waals surface area contributed by atoms with Crippen molar-refractivity contribution in [2.75, 3.05) is 18.6 Å². The highest BCUT2D eigenvalue weighted by atomic mass is 32.1. The number of benzene rings is 1. The van der Waals surface area contributed by atoms with Gasteiger partial charge in [-0.05, 0) is 87.5 Å². The maximum atomic E-state index is 12.9. The van der Waals surface area contributed by atoms with Crippen molar-refractivity contribution in [2.24, 2.45) is 17.8 Å². The summed E-state index contributed by atoms with van der Waals surface area (Å²) in [5, 5.41) is 10.9. The van der Waals surface area contributed by atoms with Crippen LogP contribution < -0.4 is 9.64 Å². The molecule has 0 atom stereocenters. The molecule has 0 unspecified atom stereocenters. The second kappa shape index (κ2) is 6.83. The number of hydrogen-bond acceptors (Lipinski definition) is 5. The molecule has 1 aromatic heterocycles. The smallest absolute Gasteiger partial charge is 0.259 e. The molecule has 28 heavy (non-hydrogen) atoms. The first kappa shape index (κ1) is 18.1. The standard InChI is InChI=1S/C22H27N3O2S/c1-3-27-18-6-4-17(5-7-18)19(26)25(2)21-24-23-20(28-21)22-11-14-8-15(12-22)10-16(9-14)13-22/h4-7,14-16H,3,8-13H2,1-2H3. The molecule has 1 amide bonds. The molecule has 6 rings (SSSR count). The van der Waals surface area contributed by atoms with E-state index >= 15 is 0 Å². The molecule has 2 aromatic rings. The zero-order valence-electron chi connectivity index (χ0n) is 16.6. The molecule has 1 aromatic carbocycles. The fourth-order valence-electron chi connectivity index (χ4n) is 6.08. The summed E-state index contributed by atoms with van der Waals surface area (Å²) in [6.07, 6.45) is 8.06. The lowest BCUT2D eigenvalue weighted by Crippen LogP contribution is -2.48. The zero-order valence-corrected chi connectivity index (χ0v) is 17.4. The van der Waals surface area contributed by atoms with Gasteiger partial charge in [-0.2, -0.15) is 0 Å². The fraction of sp³-hybridized carbons (Fsp3) is 0.591. The third-order valence-corrected chi connectivity index (χ3v) is 8.16. The monoisotopic (exact) mass is 397 g/mol. The van der Waals surface area contributed by atoms with E-state index in [1.165, 1.54) is 38.5 Å². The van der Waals surface area contributed by atoms with Crippen LogP contribution in [0.1, 0.15) is 60.8 Å². The molecule has 0 radical (unpaired) electrons. The molecule has 4 saturated carbocycles. The SMILES string of the molecule is CCOc1ccc(C(=O)N(C)c2nnc(C34CC5CC(CC(C5)C3)C4)s2)cc1. The first-order chi connectivity index (χ1) is 13.6. The minimum Gasteiger partial charge on any atom is -0.494 e. The summed E-state index contributed by atoms with van der Waals surface area (Å²) in [6, 6.07) is 7.30. The van der Waals surface area contributed by atoms with Crippen LogP contribution in [0.25, 0.3) is 0 Å². The van der Waals surface area contributed by atoms with E-state index in [0.29, 0.717) is 17.3 Å². The number of anilines is 1. The van der Waals surface area contributed by atoms with E-state index in [0.717, 1.165) is 28.5 Å². The van der Waals surface area contributed by atoms with Gasteiger partial charge >= 0.3 is 0 Å². The van der Waals surface area contributed by atoms with Crippen molar-refractivity contribution in [1.82, 2.24) is 10.2 Å². The largest absolute Gasteiger partial charge is 0.494 e. The lowest BCUT2D eigenvalue weighted by atomic mass is 9.50. The first-order valence-electron chi connectivity index (χ1n) is 10.4. The predicted molar refractivity (Wildman–Crippen MR) is 110 cm³/mol. The van der Waals surface area contributed by atoms with Crippen molar-refractivity contribution in [1.29, 1.82) is 0 Å². The Morgan fingerprint density at radius 3 is 2.29 bits per heavy atom. The molecule has 148 valence electrons. The van der Waals surface area contributed by atoms with Gasteiger partial charge in [0.25, 0.3) is 5.91 Å². The summed E-state index contributed by atoms with van der Waals surface area (Å²) in [5.41, 5.74) is 0.866. The Morgan fingerprint density at radius 1 is 1.11 bits per heavy atom. The lowest BCUT2D eigenvalue weighted by molar-refractivity contribution is -0.00555. The van der Waals surface area contributed by atoms with Gasteiger partial charge in [0.05, 0.1) is 6.61 Å². The third kappa shape index (κ3) is 3.02. The Kier molecular flexibility index (Phi) is 4.42. The molecule has 5 nitrogen and oxygen atoms in total. The Morgan fingerprint density at radius 2 is 1.71 bits per heavy atom. The first-order valence-corrected chi connectivity index (χ1v) is 11.2. The van der Waals surface area contributed by atoms with Crippen LogP contribution in [0.15, 0.2) is 24.3 Å². The summed E-state index contributed by atoms with van der Waals surface area (Å²) >= 11 is 1.62. The molecule has 4 fully saturated rings. The number of amides is 1. The second-order valence-corrected chi connectivity index (χ2v) is 9.87. The van der Waals surface area contributed by atoms with Crippen LogP contribution in [0, 0.1) is 17.8 Å². The topological polar surface area (TPSA) is 55.3 Å². The number of hydrogen-bond donors (Lipinski definition) is 0. The van der Waals surface area contributed by atoms with Crippen LogP contribution in [0.4, 0.5) is 5.13 Å². The van der Waals surface area contributed by atoms with Gasteiger partial charge in [0.2, 0.25) is 5.13 Å². The lowest BCUT2D eigenvalue weighted by Gasteiger charge is -2.55. The van der Waals surface area contributed by atoms with Crippen LogP contribution in [0.2, 0.25) is 0 Å². The minimum absolute atomic E-state index is 0.0590. The van der Waals surface area contributed by atoms with Gasteiger partial charge in [0.1, 0.15) is 10.8 Å². The molecule has 0 N–H and O–H groups in total. The van der Waals surface area contributed by atoms with E-state index in [4.69, 9.17) is 4.74 Å². The van der Waals surface area contributed by atoms with Crippen molar-refractivity contribution in [3.63, 3.8) is 0 Å². The van der Waals surface area contributed by atoms with Gasteiger partial charge in [-0.1, -0.05) is 11.3 Å². The summed E-state index contributed by atoms with van der Waals surface area (Å²) in [5.74, 6) is 3.35. The maximum absolute atomic E-state index is 12.9. The summed E-state index contributed by atoms with van der Waals surface area (Å²) in [4.78, 5) is 14.5. The number of carbonyl (C=O) groups excluding carboxylic acids is 1. The summed E-state index contributed by atoms with van der Waals surface area (Å²) in [6.45, 7) is 2.56. The molecule has 0 aliphatic heterocycles. The van der Waals surface area contributed by atoms with Crippen LogP contribution >= 0.6 is 11.3 Å². The number of rotatable bonds is 5. The van der Waals surface area contributed by atoms with Crippen LogP contribution in [-0.2, 0) is 5.41 Å². The van der Waals surface area contributed by atoms with Crippen LogP contribution in [-0.4, -0.2) is 29.8 Å². The van der Waals surface area contributed by atoms with Crippen molar-refractivity contribution in [2.45, 2.75) is 50.9 Å². The van der Waals surface area contributed by atoms with Gasteiger partial charge < -0.3 is 4.74 Å². The number of carbonyl (C=O) groups is 1. The molecule has 4 aliphatic carbocycles. The normalized spacial score (nSPS) is 30.4. The molecule has 0 spiro atoms. The average Bonchev–Trinajstić information content (AvgIpc) is 3.18. The highest BCUT2D eigenvalue weighted by molar-refractivity contribution is 7.15. The molecule has 4 bridgehead atoms. The van der Waals surface area contributed by atoms with Gasteiger partial charge in [0.15, 0.2) is 0 Å². The highest BCUT2D eigenvalue weighted by Crippen LogP contribution is 2.61. The number of ether oxygens (including phenoxy) is 1. The van der Waals surface area contributed by atoms with Crippen LogP contribution in [0.3, 0.4) is 0 Å². The summed E-state index contributed by atoms with van der Waals surface area (Å²) in [7, 11) is 1.79. The third-order valence-electron chi connectivity index (χ3n) is 6.91.